The fourth-order valence-corrected chi connectivity index (χ4v) is 3.82. The summed E-state index contributed by atoms with van der Waals surface area (Å²) in [7, 11) is 0. The van der Waals surface area contributed by atoms with Crippen LogP contribution in [-0.4, -0.2) is 15.7 Å². The second-order valence-electron chi connectivity index (χ2n) is 7.01. The van der Waals surface area contributed by atoms with Crippen LogP contribution in [0.25, 0.3) is 0 Å². The van der Waals surface area contributed by atoms with Crippen LogP contribution in [0, 0.1) is 0 Å². The lowest BCUT2D eigenvalue weighted by Gasteiger charge is -2.24. The Balaban J connectivity index is 1.45. The van der Waals surface area contributed by atoms with Gasteiger partial charge >= 0.3 is 0 Å². The van der Waals surface area contributed by atoms with Gasteiger partial charge in [0.05, 0.1) is 25.2 Å². The molecule has 1 atom stereocenters. The molecule has 1 aliphatic carbocycles. The van der Waals surface area contributed by atoms with Crippen molar-refractivity contribution >= 4 is 17.5 Å². The number of rotatable bonds is 5. The number of carbonyl (C=O) groups excluding carboxylic acids is 1. The zero-order valence-electron chi connectivity index (χ0n) is 15.1. The first-order chi connectivity index (χ1) is 13.2. The average Bonchev–Trinajstić information content (AvgIpc) is 3.08. The van der Waals surface area contributed by atoms with E-state index in [0.29, 0.717) is 11.4 Å². The number of carbonyl (C=O) groups is 1. The molecule has 0 spiro atoms. The molecule has 4 rings (SSSR count). The van der Waals surface area contributed by atoms with Crippen LogP contribution in [0.3, 0.4) is 0 Å². The summed E-state index contributed by atoms with van der Waals surface area (Å²) in [4.78, 5) is 12.5. The van der Waals surface area contributed by atoms with Gasteiger partial charge in [0.15, 0.2) is 0 Å². The fourth-order valence-electron chi connectivity index (χ4n) is 3.69. The van der Waals surface area contributed by atoms with Crippen molar-refractivity contribution in [1.29, 1.82) is 0 Å². The number of nitrogens with one attached hydrogen (secondary N) is 1. The number of amides is 1. The third-order valence-corrected chi connectivity index (χ3v) is 5.30. The highest BCUT2D eigenvalue weighted by atomic mass is 35.5. The van der Waals surface area contributed by atoms with Crippen molar-refractivity contribution in [3.8, 4) is 0 Å². The van der Waals surface area contributed by atoms with Gasteiger partial charge in [0, 0.05) is 16.3 Å². The fraction of sp³-hybridized carbons (Fsp3) is 0.273. The average molecular weight is 380 g/mol. The second-order valence-corrected chi connectivity index (χ2v) is 7.44. The lowest BCUT2D eigenvalue weighted by atomic mass is 9.92. The third kappa shape index (κ3) is 4.22. The summed E-state index contributed by atoms with van der Waals surface area (Å²) >= 11 is 5.91. The Morgan fingerprint density at radius 3 is 2.67 bits per heavy atom. The first kappa shape index (κ1) is 17.8. The molecule has 0 aliphatic heterocycles. The van der Waals surface area contributed by atoms with E-state index >= 15 is 0 Å². The number of hydrogen-bond donors (Lipinski definition) is 1. The summed E-state index contributed by atoms with van der Waals surface area (Å²) in [5, 5.41) is 8.47. The molecular formula is C22H22ClN3O. The predicted octanol–water partition coefficient (Wildman–Crippen LogP) is 4.32. The van der Waals surface area contributed by atoms with Crippen molar-refractivity contribution in [2.24, 2.45) is 0 Å². The smallest absolute Gasteiger partial charge is 0.224 e. The van der Waals surface area contributed by atoms with E-state index in [1.807, 2.05) is 48.7 Å². The number of aromatic nitrogens is 2. The molecular weight excluding hydrogens is 358 g/mol. The molecule has 4 nitrogen and oxygen atoms in total. The molecule has 1 unspecified atom stereocenters. The highest BCUT2D eigenvalue weighted by molar-refractivity contribution is 6.30. The molecule has 1 amide bonds. The lowest BCUT2D eigenvalue weighted by Crippen LogP contribution is -2.32. The Hall–Kier alpha value is -2.59. The van der Waals surface area contributed by atoms with Gasteiger partial charge in [0.25, 0.3) is 0 Å². The van der Waals surface area contributed by atoms with Crippen molar-refractivity contribution < 1.29 is 4.79 Å². The van der Waals surface area contributed by atoms with Crippen LogP contribution >= 0.6 is 11.6 Å². The molecule has 5 heteroatoms. The van der Waals surface area contributed by atoms with E-state index in [1.54, 1.807) is 0 Å². The normalized spacial score (nSPS) is 16.0. The number of fused-ring (bicyclic) bond motifs is 1. The van der Waals surface area contributed by atoms with E-state index in [-0.39, 0.29) is 11.9 Å². The van der Waals surface area contributed by atoms with Crippen LogP contribution in [0.1, 0.15) is 41.3 Å². The van der Waals surface area contributed by atoms with E-state index in [9.17, 15) is 4.79 Å². The van der Waals surface area contributed by atoms with E-state index < -0.39 is 0 Å². The van der Waals surface area contributed by atoms with Gasteiger partial charge in [-0.15, -0.1) is 0 Å². The Morgan fingerprint density at radius 1 is 1.11 bits per heavy atom. The van der Waals surface area contributed by atoms with Crippen molar-refractivity contribution in [2.75, 3.05) is 0 Å². The zero-order valence-corrected chi connectivity index (χ0v) is 15.8. The van der Waals surface area contributed by atoms with Crippen LogP contribution < -0.4 is 5.32 Å². The number of halogens is 1. The van der Waals surface area contributed by atoms with Gasteiger partial charge in [-0.1, -0.05) is 54.1 Å². The van der Waals surface area contributed by atoms with Crippen molar-refractivity contribution in [3.63, 3.8) is 0 Å². The lowest BCUT2D eigenvalue weighted by molar-refractivity contribution is -0.121. The quantitative estimate of drug-likeness (QED) is 0.717. The minimum atomic E-state index is 0.0333. The first-order valence-electron chi connectivity index (χ1n) is 9.31. The van der Waals surface area contributed by atoms with E-state index in [0.717, 1.165) is 36.9 Å². The molecule has 0 fully saturated rings. The van der Waals surface area contributed by atoms with E-state index in [1.165, 1.54) is 11.3 Å². The van der Waals surface area contributed by atoms with Crippen LogP contribution in [0.5, 0.6) is 0 Å². The minimum absolute atomic E-state index is 0.0333. The maximum atomic E-state index is 12.5. The molecule has 3 aromatic rings. The molecule has 1 heterocycles. The summed E-state index contributed by atoms with van der Waals surface area (Å²) in [6, 6.07) is 17.8. The molecule has 0 saturated carbocycles. The van der Waals surface area contributed by atoms with Crippen molar-refractivity contribution in [1.82, 2.24) is 15.1 Å². The van der Waals surface area contributed by atoms with Gasteiger partial charge in [0.1, 0.15) is 0 Å². The first-order valence-corrected chi connectivity index (χ1v) is 9.69. The number of nitrogens with zero attached hydrogens (tertiary/aromatic N) is 2. The molecule has 27 heavy (non-hydrogen) atoms. The summed E-state index contributed by atoms with van der Waals surface area (Å²) in [5.41, 5.74) is 4.59. The van der Waals surface area contributed by atoms with Gasteiger partial charge in [-0.3, -0.25) is 9.48 Å². The molecule has 0 radical (unpaired) electrons. The van der Waals surface area contributed by atoms with Crippen LogP contribution in [0.4, 0.5) is 0 Å². The topological polar surface area (TPSA) is 46.9 Å². The van der Waals surface area contributed by atoms with E-state index in [2.05, 4.69) is 27.2 Å². The van der Waals surface area contributed by atoms with Crippen LogP contribution in [-0.2, 0) is 24.2 Å². The van der Waals surface area contributed by atoms with Gasteiger partial charge < -0.3 is 5.32 Å². The minimum Gasteiger partial charge on any atom is -0.349 e. The largest absolute Gasteiger partial charge is 0.349 e. The Morgan fingerprint density at radius 2 is 1.89 bits per heavy atom. The van der Waals surface area contributed by atoms with Crippen LogP contribution in [0.15, 0.2) is 60.8 Å². The maximum Gasteiger partial charge on any atom is 0.224 e. The molecule has 1 aliphatic rings. The Kier molecular flexibility index (Phi) is 5.26. The van der Waals surface area contributed by atoms with Gasteiger partial charge in [-0.25, -0.2) is 0 Å². The highest BCUT2D eigenvalue weighted by Gasteiger charge is 2.25. The molecule has 2 aromatic carbocycles. The molecule has 1 N–H and O–H groups in total. The monoisotopic (exact) mass is 379 g/mol. The van der Waals surface area contributed by atoms with E-state index in [4.69, 9.17) is 11.6 Å². The Bertz CT molecular complexity index is 918. The molecule has 138 valence electrons. The maximum absolute atomic E-state index is 12.5. The molecule has 0 saturated heterocycles. The third-order valence-electron chi connectivity index (χ3n) is 5.05. The van der Waals surface area contributed by atoms with Gasteiger partial charge in [-0.05, 0) is 42.5 Å². The van der Waals surface area contributed by atoms with Crippen molar-refractivity contribution in [3.05, 3.63) is 88.2 Å². The van der Waals surface area contributed by atoms with Crippen LogP contribution in [0.2, 0.25) is 5.02 Å². The number of benzene rings is 2. The summed E-state index contributed by atoms with van der Waals surface area (Å²) < 4.78 is 2.07. The van der Waals surface area contributed by atoms with Gasteiger partial charge in [0.2, 0.25) is 5.91 Å². The van der Waals surface area contributed by atoms with Crippen molar-refractivity contribution in [2.45, 2.75) is 38.3 Å². The summed E-state index contributed by atoms with van der Waals surface area (Å²) in [5.74, 6) is 0.0333. The second kappa shape index (κ2) is 7.97. The predicted molar refractivity (Wildman–Crippen MR) is 107 cm³/mol. The summed E-state index contributed by atoms with van der Waals surface area (Å²) in [6.45, 7) is 0.765. The van der Waals surface area contributed by atoms with Gasteiger partial charge in [-0.2, -0.15) is 5.10 Å². The zero-order chi connectivity index (χ0) is 18.6. The summed E-state index contributed by atoms with van der Waals surface area (Å²) in [6.07, 6.45) is 5.30. The number of hydrogen-bond acceptors (Lipinski definition) is 2. The SMILES string of the molecule is O=C(Cc1ccc(Cl)cc1)NC1CCCc2c1cnn2Cc1ccccc1. The highest BCUT2D eigenvalue weighted by Crippen LogP contribution is 2.30. The standard InChI is InChI=1S/C22H22ClN3O/c23-18-11-9-16(10-12-18)13-22(27)25-20-7-4-8-21-19(20)14-24-26(21)15-17-5-2-1-3-6-17/h1-3,5-6,9-12,14,20H,4,7-8,13,15H2,(H,25,27). The Labute approximate surface area is 164 Å². The molecule has 1 aromatic heterocycles. The molecule has 0 bridgehead atoms.